The van der Waals surface area contributed by atoms with Gasteiger partial charge in [0.25, 0.3) is 0 Å². The Morgan fingerprint density at radius 2 is 1.89 bits per heavy atom. The summed E-state index contributed by atoms with van der Waals surface area (Å²) >= 11 is 0. The Balaban J connectivity index is 2.03. The Bertz CT molecular complexity index is 569. The zero-order valence-electron chi connectivity index (χ0n) is 11.6. The smallest absolute Gasteiger partial charge is 0.120 e. The fraction of sp³-hybridized carbons (Fsp3) is 0.222. The fourth-order valence-corrected chi connectivity index (χ4v) is 2.03. The first-order valence-corrected chi connectivity index (χ1v) is 6.56. The third kappa shape index (κ3) is 3.99. The van der Waals surface area contributed by atoms with Gasteiger partial charge < -0.3 is 4.74 Å². The Morgan fingerprint density at radius 1 is 1.11 bits per heavy atom. The predicted octanol–water partition coefficient (Wildman–Crippen LogP) is 4.69. The number of aryl methyl sites for hydroxylation is 1. The van der Waals surface area contributed by atoms with Gasteiger partial charge in [-0.3, -0.25) is 0 Å². The van der Waals surface area contributed by atoms with Gasteiger partial charge in [-0.25, -0.2) is 0 Å². The van der Waals surface area contributed by atoms with Crippen molar-refractivity contribution < 1.29 is 4.74 Å². The average Bonchev–Trinajstić information content (AvgIpc) is 2.37. The van der Waals surface area contributed by atoms with Crippen LogP contribution in [0.1, 0.15) is 23.6 Å². The lowest BCUT2D eigenvalue weighted by atomic mass is 10.1. The number of benzene rings is 2. The molecule has 0 saturated heterocycles. The van der Waals surface area contributed by atoms with E-state index in [-0.39, 0.29) is 0 Å². The molecule has 0 aliphatic heterocycles. The summed E-state index contributed by atoms with van der Waals surface area (Å²) in [5.41, 5.74) is 4.90. The van der Waals surface area contributed by atoms with E-state index in [0.717, 1.165) is 17.7 Å². The molecule has 0 radical (unpaired) electrons. The minimum atomic E-state index is 0.614. The first kappa shape index (κ1) is 13.4. The van der Waals surface area contributed by atoms with E-state index in [1.807, 2.05) is 31.2 Å². The lowest BCUT2D eigenvalue weighted by molar-refractivity contribution is 0.305. The molecular weight excluding hydrogens is 232 g/mol. The van der Waals surface area contributed by atoms with E-state index in [1.165, 1.54) is 16.7 Å². The van der Waals surface area contributed by atoms with Crippen molar-refractivity contribution in [1.29, 1.82) is 0 Å². The quantitative estimate of drug-likeness (QED) is 0.701. The number of hydrogen-bond acceptors (Lipinski definition) is 1. The normalized spacial score (nSPS) is 10.2. The molecule has 0 heterocycles. The number of ether oxygens (including phenoxy) is 1. The Labute approximate surface area is 115 Å². The van der Waals surface area contributed by atoms with Crippen LogP contribution < -0.4 is 4.74 Å². The van der Waals surface area contributed by atoms with Crippen LogP contribution in [0, 0.1) is 6.92 Å². The SMILES string of the molecule is C=C(C)Cc1cccc(OCc2ccccc2C)c1. The van der Waals surface area contributed by atoms with Gasteiger partial charge in [0.1, 0.15) is 12.4 Å². The summed E-state index contributed by atoms with van der Waals surface area (Å²) in [6, 6.07) is 16.5. The molecule has 0 aliphatic carbocycles. The van der Waals surface area contributed by atoms with E-state index < -0.39 is 0 Å². The van der Waals surface area contributed by atoms with Crippen molar-refractivity contribution in [1.82, 2.24) is 0 Å². The van der Waals surface area contributed by atoms with Crippen molar-refractivity contribution in [2.24, 2.45) is 0 Å². The van der Waals surface area contributed by atoms with Crippen LogP contribution in [-0.4, -0.2) is 0 Å². The maximum Gasteiger partial charge on any atom is 0.120 e. The molecule has 0 spiro atoms. The molecule has 2 aromatic carbocycles. The molecule has 0 fully saturated rings. The highest BCUT2D eigenvalue weighted by atomic mass is 16.5. The third-order valence-corrected chi connectivity index (χ3v) is 3.06. The molecule has 2 rings (SSSR count). The average molecular weight is 252 g/mol. The second kappa shape index (κ2) is 6.24. The first-order chi connectivity index (χ1) is 9.15. The molecule has 2 aromatic rings. The van der Waals surface area contributed by atoms with Crippen molar-refractivity contribution in [3.63, 3.8) is 0 Å². The third-order valence-electron chi connectivity index (χ3n) is 3.06. The van der Waals surface area contributed by atoms with Crippen LogP contribution in [-0.2, 0) is 13.0 Å². The summed E-state index contributed by atoms with van der Waals surface area (Å²) in [4.78, 5) is 0. The van der Waals surface area contributed by atoms with Crippen molar-refractivity contribution in [2.75, 3.05) is 0 Å². The second-order valence-corrected chi connectivity index (χ2v) is 5.00. The summed E-state index contributed by atoms with van der Waals surface area (Å²) in [7, 11) is 0. The molecule has 0 unspecified atom stereocenters. The van der Waals surface area contributed by atoms with Crippen LogP contribution in [0.4, 0.5) is 0 Å². The molecule has 0 aromatic heterocycles. The van der Waals surface area contributed by atoms with E-state index in [2.05, 4.69) is 37.8 Å². The van der Waals surface area contributed by atoms with Crippen LogP contribution in [0.15, 0.2) is 60.7 Å². The molecule has 1 nitrogen and oxygen atoms in total. The van der Waals surface area contributed by atoms with Gasteiger partial charge in [-0.1, -0.05) is 48.6 Å². The summed E-state index contributed by atoms with van der Waals surface area (Å²) in [5, 5.41) is 0. The van der Waals surface area contributed by atoms with Gasteiger partial charge in [-0.15, -0.1) is 0 Å². The standard InChI is InChI=1S/C18H20O/c1-14(2)11-16-8-6-10-18(12-16)19-13-17-9-5-4-7-15(17)3/h4-10,12H,1,11,13H2,2-3H3. The topological polar surface area (TPSA) is 9.23 Å². The number of hydrogen-bond donors (Lipinski definition) is 0. The van der Waals surface area contributed by atoms with Gasteiger partial charge in [0, 0.05) is 0 Å². The van der Waals surface area contributed by atoms with E-state index >= 15 is 0 Å². The lowest BCUT2D eigenvalue weighted by Crippen LogP contribution is -1.98. The summed E-state index contributed by atoms with van der Waals surface area (Å²) in [6.07, 6.45) is 0.904. The van der Waals surface area contributed by atoms with Gasteiger partial charge in [-0.05, 0) is 49.1 Å². The van der Waals surface area contributed by atoms with Crippen LogP contribution in [0.3, 0.4) is 0 Å². The van der Waals surface area contributed by atoms with Gasteiger partial charge in [-0.2, -0.15) is 0 Å². The molecule has 1 heteroatoms. The molecule has 0 saturated carbocycles. The highest BCUT2D eigenvalue weighted by Crippen LogP contribution is 2.18. The Kier molecular flexibility index (Phi) is 4.40. The van der Waals surface area contributed by atoms with Gasteiger partial charge >= 0.3 is 0 Å². The van der Waals surface area contributed by atoms with E-state index in [4.69, 9.17) is 4.74 Å². The Morgan fingerprint density at radius 3 is 2.63 bits per heavy atom. The molecule has 98 valence electrons. The molecule has 0 amide bonds. The maximum absolute atomic E-state index is 5.87. The summed E-state index contributed by atoms with van der Waals surface area (Å²) in [5.74, 6) is 0.919. The predicted molar refractivity (Wildman–Crippen MR) is 80.5 cm³/mol. The minimum Gasteiger partial charge on any atom is -0.489 e. The number of rotatable bonds is 5. The van der Waals surface area contributed by atoms with Crippen molar-refractivity contribution in [3.8, 4) is 5.75 Å². The van der Waals surface area contributed by atoms with Crippen LogP contribution in [0.25, 0.3) is 0 Å². The zero-order chi connectivity index (χ0) is 13.7. The summed E-state index contributed by atoms with van der Waals surface area (Å²) in [6.45, 7) is 8.71. The van der Waals surface area contributed by atoms with Crippen LogP contribution in [0.2, 0.25) is 0 Å². The highest BCUT2D eigenvalue weighted by molar-refractivity contribution is 5.31. The van der Waals surface area contributed by atoms with Gasteiger partial charge in [0.2, 0.25) is 0 Å². The highest BCUT2D eigenvalue weighted by Gasteiger charge is 2.00. The van der Waals surface area contributed by atoms with Crippen LogP contribution >= 0.6 is 0 Å². The monoisotopic (exact) mass is 252 g/mol. The maximum atomic E-state index is 5.87. The molecule has 0 aliphatic rings. The first-order valence-electron chi connectivity index (χ1n) is 6.56. The van der Waals surface area contributed by atoms with Gasteiger partial charge in [0.05, 0.1) is 0 Å². The van der Waals surface area contributed by atoms with E-state index in [9.17, 15) is 0 Å². The summed E-state index contributed by atoms with van der Waals surface area (Å²) < 4.78 is 5.87. The lowest BCUT2D eigenvalue weighted by Gasteiger charge is -2.10. The fourth-order valence-electron chi connectivity index (χ4n) is 2.03. The van der Waals surface area contributed by atoms with Gasteiger partial charge in [0.15, 0.2) is 0 Å². The number of allylic oxidation sites excluding steroid dienone is 1. The van der Waals surface area contributed by atoms with Crippen LogP contribution in [0.5, 0.6) is 5.75 Å². The molecule has 19 heavy (non-hydrogen) atoms. The van der Waals surface area contributed by atoms with E-state index in [0.29, 0.717) is 6.61 Å². The Hall–Kier alpha value is -2.02. The van der Waals surface area contributed by atoms with Crippen molar-refractivity contribution >= 4 is 0 Å². The molecule has 0 atom stereocenters. The second-order valence-electron chi connectivity index (χ2n) is 5.00. The molecule has 0 bridgehead atoms. The van der Waals surface area contributed by atoms with Crippen molar-refractivity contribution in [2.45, 2.75) is 26.9 Å². The van der Waals surface area contributed by atoms with Crippen molar-refractivity contribution in [3.05, 3.63) is 77.4 Å². The molecular formula is C18H20O. The zero-order valence-corrected chi connectivity index (χ0v) is 11.6. The van der Waals surface area contributed by atoms with E-state index in [1.54, 1.807) is 0 Å². The minimum absolute atomic E-state index is 0.614. The largest absolute Gasteiger partial charge is 0.489 e. The molecule has 0 N–H and O–H groups in total.